The number of halogens is 2. The molecule has 0 heterocycles. The first-order valence-electron chi connectivity index (χ1n) is 3.86. The van der Waals surface area contributed by atoms with E-state index in [-0.39, 0.29) is 13.2 Å². The quantitative estimate of drug-likeness (QED) is 0.545. The van der Waals surface area contributed by atoms with Gasteiger partial charge in [0.2, 0.25) is 4.84 Å². The summed E-state index contributed by atoms with van der Waals surface area (Å²) in [5.41, 5.74) is 0. The van der Waals surface area contributed by atoms with Gasteiger partial charge in [0, 0.05) is 0 Å². The third kappa shape index (κ3) is 5.17. The summed E-state index contributed by atoms with van der Waals surface area (Å²) in [5.74, 6) is -1.06. The number of phosphoric acid groups is 1. The maximum Gasteiger partial charge on any atom is 0.532 e. The molecule has 0 bridgehead atoms. The molecule has 0 aromatic carbocycles. The fourth-order valence-electron chi connectivity index (χ4n) is 0.556. The molecule has 84 valence electrons. The largest absolute Gasteiger partial charge is 0.532 e. The second-order valence-electron chi connectivity index (χ2n) is 1.99. The summed E-state index contributed by atoms with van der Waals surface area (Å²) in [6, 6.07) is 0. The molecule has 0 aliphatic rings. The fourth-order valence-corrected chi connectivity index (χ4v) is 1.91. The van der Waals surface area contributed by atoms with Crippen molar-refractivity contribution in [2.45, 2.75) is 18.7 Å². The van der Waals surface area contributed by atoms with E-state index in [9.17, 15) is 9.36 Å². The van der Waals surface area contributed by atoms with Gasteiger partial charge in [-0.3, -0.25) is 9.05 Å². The lowest BCUT2D eigenvalue weighted by atomic mass is 10.8. The van der Waals surface area contributed by atoms with Gasteiger partial charge in [-0.15, -0.1) is 0 Å². The van der Waals surface area contributed by atoms with Crippen molar-refractivity contribution in [3.05, 3.63) is 0 Å². The highest BCUT2D eigenvalue weighted by molar-refractivity contribution is 7.49. The first-order chi connectivity index (χ1) is 6.45. The second kappa shape index (κ2) is 6.64. The maximum atomic E-state index is 11.5. The van der Waals surface area contributed by atoms with Gasteiger partial charge in [0.15, 0.2) is 0 Å². The summed E-state index contributed by atoms with van der Waals surface area (Å²) in [7, 11) is -3.85. The van der Waals surface area contributed by atoms with Gasteiger partial charge in [0.25, 0.3) is 0 Å². The van der Waals surface area contributed by atoms with E-state index in [1.807, 2.05) is 0 Å². The van der Waals surface area contributed by atoms with Crippen LogP contribution in [0.5, 0.6) is 0 Å². The van der Waals surface area contributed by atoms with Gasteiger partial charge in [-0.25, -0.2) is 9.36 Å². The lowest BCUT2D eigenvalue weighted by Gasteiger charge is -2.15. The Bertz CT molecular complexity index is 222. The number of hydrogen-bond donors (Lipinski definition) is 0. The van der Waals surface area contributed by atoms with Gasteiger partial charge in [-0.1, -0.05) is 23.2 Å². The minimum Gasteiger partial charge on any atom is -0.368 e. The Kier molecular flexibility index (Phi) is 6.74. The van der Waals surface area contributed by atoms with Crippen molar-refractivity contribution in [2.75, 3.05) is 13.2 Å². The number of rotatable bonds is 6. The molecule has 0 aliphatic carbocycles. The van der Waals surface area contributed by atoms with Gasteiger partial charge in [-0.05, 0) is 13.8 Å². The average molecular weight is 265 g/mol. The summed E-state index contributed by atoms with van der Waals surface area (Å²) in [6.07, 6.45) is 0. The van der Waals surface area contributed by atoms with E-state index < -0.39 is 18.6 Å². The summed E-state index contributed by atoms with van der Waals surface area (Å²) >= 11 is 10.4. The Labute approximate surface area is 92.2 Å². The van der Waals surface area contributed by atoms with Gasteiger partial charge in [0.05, 0.1) is 13.2 Å². The van der Waals surface area contributed by atoms with E-state index in [1.54, 1.807) is 13.8 Å². The normalized spacial score (nSPS) is 11.8. The first kappa shape index (κ1) is 14.2. The molecule has 0 aliphatic heterocycles. The Morgan fingerprint density at radius 3 is 2.00 bits per heavy atom. The molecular weight excluding hydrogens is 254 g/mol. The fraction of sp³-hybridized carbons (Fsp3) is 0.833. The third-order valence-corrected chi connectivity index (χ3v) is 2.86. The molecule has 0 amide bonds. The van der Waals surface area contributed by atoms with Crippen LogP contribution in [0.3, 0.4) is 0 Å². The smallest absolute Gasteiger partial charge is 0.368 e. The molecule has 14 heavy (non-hydrogen) atoms. The van der Waals surface area contributed by atoms with Gasteiger partial charge in [0.1, 0.15) is 0 Å². The molecule has 0 saturated carbocycles. The third-order valence-electron chi connectivity index (χ3n) is 0.954. The molecule has 0 aromatic heterocycles. The Balaban J connectivity index is 4.36. The maximum absolute atomic E-state index is 11.5. The van der Waals surface area contributed by atoms with Crippen LogP contribution in [0, 0.1) is 0 Å². The Hall–Kier alpha value is 0.200. The van der Waals surface area contributed by atoms with Crippen LogP contribution in [0.15, 0.2) is 0 Å². The predicted molar refractivity (Wildman–Crippen MR) is 52.4 cm³/mol. The van der Waals surface area contributed by atoms with Crippen molar-refractivity contribution in [3.8, 4) is 0 Å². The minimum absolute atomic E-state index is 0.0831. The standard InChI is InChI=1S/C6H11Cl2O5P/c1-3-11-14(10,12-4-2)13-6(9)5(7)8/h5H,3-4H2,1-2H3. The molecule has 5 nitrogen and oxygen atoms in total. The summed E-state index contributed by atoms with van der Waals surface area (Å²) in [5, 5.41) is 0. The van der Waals surface area contributed by atoms with Crippen LogP contribution < -0.4 is 0 Å². The van der Waals surface area contributed by atoms with E-state index in [4.69, 9.17) is 23.2 Å². The molecule has 0 radical (unpaired) electrons. The predicted octanol–water partition coefficient (Wildman–Crippen LogP) is 2.51. The van der Waals surface area contributed by atoms with Crippen molar-refractivity contribution < 1.29 is 22.9 Å². The van der Waals surface area contributed by atoms with E-state index in [2.05, 4.69) is 13.6 Å². The van der Waals surface area contributed by atoms with Crippen LogP contribution in [0.25, 0.3) is 0 Å². The Morgan fingerprint density at radius 1 is 1.29 bits per heavy atom. The molecule has 8 heteroatoms. The van der Waals surface area contributed by atoms with Crippen molar-refractivity contribution in [2.24, 2.45) is 0 Å². The highest BCUT2D eigenvalue weighted by atomic mass is 35.5. The van der Waals surface area contributed by atoms with Crippen LogP contribution in [0.2, 0.25) is 0 Å². The van der Waals surface area contributed by atoms with E-state index in [0.717, 1.165) is 0 Å². The van der Waals surface area contributed by atoms with Crippen molar-refractivity contribution in [1.82, 2.24) is 0 Å². The first-order valence-corrected chi connectivity index (χ1v) is 6.19. The number of carbonyl (C=O) groups is 1. The lowest BCUT2D eigenvalue weighted by Crippen LogP contribution is -2.13. The van der Waals surface area contributed by atoms with Gasteiger partial charge >= 0.3 is 13.8 Å². The zero-order valence-electron chi connectivity index (χ0n) is 7.74. The van der Waals surface area contributed by atoms with Crippen LogP contribution in [-0.4, -0.2) is 24.0 Å². The highest BCUT2D eigenvalue weighted by Crippen LogP contribution is 2.49. The lowest BCUT2D eigenvalue weighted by molar-refractivity contribution is -0.134. The molecule has 0 rings (SSSR count). The van der Waals surface area contributed by atoms with E-state index in [1.165, 1.54) is 0 Å². The minimum atomic E-state index is -3.85. The SMILES string of the molecule is CCOP(=O)(OCC)OC(=O)C(Cl)Cl. The zero-order valence-corrected chi connectivity index (χ0v) is 10.1. The molecule has 0 spiro atoms. The monoisotopic (exact) mass is 264 g/mol. The summed E-state index contributed by atoms with van der Waals surface area (Å²) in [6.45, 7) is 3.33. The molecular formula is C6H11Cl2O5P. The average Bonchev–Trinajstić information content (AvgIpc) is 2.04. The number of phosphoric ester groups is 1. The van der Waals surface area contributed by atoms with E-state index >= 15 is 0 Å². The number of alkyl halides is 2. The van der Waals surface area contributed by atoms with Crippen LogP contribution in [0.4, 0.5) is 0 Å². The summed E-state index contributed by atoms with van der Waals surface area (Å²) < 4.78 is 25.2. The molecule has 0 fully saturated rings. The van der Waals surface area contributed by atoms with Crippen molar-refractivity contribution in [3.63, 3.8) is 0 Å². The van der Waals surface area contributed by atoms with Crippen molar-refractivity contribution in [1.29, 1.82) is 0 Å². The van der Waals surface area contributed by atoms with E-state index in [0.29, 0.717) is 0 Å². The molecule has 0 unspecified atom stereocenters. The number of carbonyl (C=O) groups excluding carboxylic acids is 1. The topological polar surface area (TPSA) is 61.8 Å². The highest BCUT2D eigenvalue weighted by Gasteiger charge is 2.32. The van der Waals surface area contributed by atoms with Crippen LogP contribution in [-0.2, 0) is 22.9 Å². The zero-order chi connectivity index (χ0) is 11.2. The number of hydrogen-bond acceptors (Lipinski definition) is 5. The Morgan fingerprint density at radius 2 is 1.71 bits per heavy atom. The van der Waals surface area contributed by atoms with Crippen LogP contribution >= 0.6 is 31.0 Å². The molecule has 0 saturated heterocycles. The molecule has 0 atom stereocenters. The van der Waals surface area contributed by atoms with Crippen molar-refractivity contribution >= 4 is 37.0 Å². The molecule has 0 aromatic rings. The van der Waals surface area contributed by atoms with Crippen LogP contribution in [0.1, 0.15) is 13.8 Å². The van der Waals surface area contributed by atoms with Gasteiger partial charge in [-0.2, -0.15) is 0 Å². The van der Waals surface area contributed by atoms with Gasteiger partial charge < -0.3 is 4.52 Å². The molecule has 0 N–H and O–H groups in total. The second-order valence-corrected chi connectivity index (χ2v) is 4.68. The summed E-state index contributed by atoms with van der Waals surface area (Å²) in [4.78, 5) is 9.48.